The first kappa shape index (κ1) is 15.4. The van der Waals surface area contributed by atoms with Gasteiger partial charge in [0.05, 0.1) is 0 Å². The molecule has 0 aliphatic carbocycles. The van der Waals surface area contributed by atoms with E-state index >= 15 is 0 Å². The highest BCUT2D eigenvalue weighted by Gasteiger charge is 2.24. The van der Waals surface area contributed by atoms with Gasteiger partial charge in [0, 0.05) is 19.2 Å². The van der Waals surface area contributed by atoms with E-state index in [-0.39, 0.29) is 11.8 Å². The number of aromatic nitrogens is 2. The molecule has 1 atom stereocenters. The summed E-state index contributed by atoms with van der Waals surface area (Å²) >= 11 is 0. The molecule has 1 heterocycles. The van der Waals surface area contributed by atoms with E-state index in [2.05, 4.69) is 36.1 Å². The Labute approximate surface area is 114 Å². The molecular weight excluding hydrogens is 242 g/mol. The minimum Gasteiger partial charge on any atom is -0.481 e. The van der Waals surface area contributed by atoms with Crippen molar-refractivity contribution >= 4 is 11.8 Å². The molecule has 1 rings (SSSR count). The second-order valence-corrected chi connectivity index (χ2v) is 5.81. The second kappa shape index (κ2) is 7.07. The predicted octanol–water partition coefficient (Wildman–Crippen LogP) is 2.81. The summed E-state index contributed by atoms with van der Waals surface area (Å²) in [6, 6.07) is 1.82. The summed E-state index contributed by atoms with van der Waals surface area (Å²) < 4.78 is 0. The van der Waals surface area contributed by atoms with Gasteiger partial charge in [-0.2, -0.15) is 0 Å². The van der Waals surface area contributed by atoms with Crippen molar-refractivity contribution in [3.05, 3.63) is 18.6 Å². The van der Waals surface area contributed by atoms with Gasteiger partial charge in [-0.15, -0.1) is 0 Å². The smallest absolute Gasteiger partial charge is 0.303 e. The molecule has 0 spiro atoms. The van der Waals surface area contributed by atoms with E-state index in [0.717, 1.165) is 18.8 Å². The number of hydrogen-bond donors (Lipinski definition) is 2. The first-order valence-electron chi connectivity index (χ1n) is 6.61. The van der Waals surface area contributed by atoms with Gasteiger partial charge in [0.25, 0.3) is 0 Å². The summed E-state index contributed by atoms with van der Waals surface area (Å²) in [7, 11) is 0. The number of carboxylic acids is 1. The standard InChI is InChI=1S/C14H23N3O2/c1-14(2,3)11(4-5-13(18)19)6-9-16-12-7-8-15-10-17-12/h7-8,10-11H,4-6,9H2,1-3H3,(H,18,19)(H,15,16,17). The first-order chi connectivity index (χ1) is 8.89. The Hall–Kier alpha value is -1.65. The molecule has 0 saturated heterocycles. The van der Waals surface area contributed by atoms with E-state index in [9.17, 15) is 4.79 Å². The fourth-order valence-corrected chi connectivity index (χ4v) is 2.08. The molecular formula is C14H23N3O2. The summed E-state index contributed by atoms with van der Waals surface area (Å²) in [5, 5.41) is 12.0. The van der Waals surface area contributed by atoms with Crippen molar-refractivity contribution in [3.63, 3.8) is 0 Å². The highest BCUT2D eigenvalue weighted by atomic mass is 16.4. The van der Waals surface area contributed by atoms with Gasteiger partial charge in [-0.1, -0.05) is 20.8 Å². The summed E-state index contributed by atoms with van der Waals surface area (Å²) in [5.41, 5.74) is 0.114. The zero-order valence-electron chi connectivity index (χ0n) is 11.9. The van der Waals surface area contributed by atoms with E-state index in [0.29, 0.717) is 12.3 Å². The fourth-order valence-electron chi connectivity index (χ4n) is 2.08. The maximum absolute atomic E-state index is 10.7. The average molecular weight is 265 g/mol. The third kappa shape index (κ3) is 6.18. The Kier molecular flexibility index (Phi) is 5.73. The first-order valence-corrected chi connectivity index (χ1v) is 6.61. The van der Waals surface area contributed by atoms with Gasteiger partial charge in [0.2, 0.25) is 0 Å². The lowest BCUT2D eigenvalue weighted by atomic mass is 9.76. The van der Waals surface area contributed by atoms with Crippen molar-refractivity contribution < 1.29 is 9.90 Å². The summed E-state index contributed by atoms with van der Waals surface area (Å²) in [6.45, 7) is 7.26. The van der Waals surface area contributed by atoms with E-state index in [1.165, 1.54) is 6.33 Å². The molecule has 0 radical (unpaired) electrons. The van der Waals surface area contributed by atoms with Crippen LogP contribution in [0.25, 0.3) is 0 Å². The van der Waals surface area contributed by atoms with Crippen molar-refractivity contribution in [1.82, 2.24) is 9.97 Å². The second-order valence-electron chi connectivity index (χ2n) is 5.81. The van der Waals surface area contributed by atoms with Crippen LogP contribution < -0.4 is 5.32 Å². The molecule has 19 heavy (non-hydrogen) atoms. The number of hydrogen-bond acceptors (Lipinski definition) is 4. The van der Waals surface area contributed by atoms with Crippen molar-refractivity contribution in [1.29, 1.82) is 0 Å². The molecule has 5 heteroatoms. The van der Waals surface area contributed by atoms with Crippen LogP contribution in [0.2, 0.25) is 0 Å². The van der Waals surface area contributed by atoms with Crippen molar-refractivity contribution in [2.45, 2.75) is 40.0 Å². The largest absolute Gasteiger partial charge is 0.481 e. The average Bonchev–Trinajstić information content (AvgIpc) is 2.33. The van der Waals surface area contributed by atoms with Crippen LogP contribution in [0, 0.1) is 11.3 Å². The number of carbonyl (C=O) groups is 1. The highest BCUT2D eigenvalue weighted by molar-refractivity contribution is 5.66. The zero-order chi connectivity index (χ0) is 14.3. The SMILES string of the molecule is CC(C)(C)C(CCNc1ccncn1)CCC(=O)O. The number of anilines is 1. The van der Waals surface area contributed by atoms with Crippen LogP contribution in [-0.2, 0) is 4.79 Å². The minimum absolute atomic E-state index is 0.114. The lowest BCUT2D eigenvalue weighted by Gasteiger charge is -2.30. The Morgan fingerprint density at radius 3 is 2.68 bits per heavy atom. The molecule has 1 unspecified atom stereocenters. The summed E-state index contributed by atoms with van der Waals surface area (Å²) in [4.78, 5) is 18.6. The monoisotopic (exact) mass is 265 g/mol. The van der Waals surface area contributed by atoms with Crippen LogP contribution >= 0.6 is 0 Å². The molecule has 0 aliphatic rings. The van der Waals surface area contributed by atoms with Crippen molar-refractivity contribution in [2.75, 3.05) is 11.9 Å². The fraction of sp³-hybridized carbons (Fsp3) is 0.643. The number of aliphatic carboxylic acids is 1. The van der Waals surface area contributed by atoms with E-state index in [4.69, 9.17) is 5.11 Å². The Morgan fingerprint density at radius 2 is 2.16 bits per heavy atom. The molecule has 5 nitrogen and oxygen atoms in total. The van der Waals surface area contributed by atoms with Crippen LogP contribution in [0.5, 0.6) is 0 Å². The highest BCUT2D eigenvalue weighted by Crippen LogP contribution is 2.32. The topological polar surface area (TPSA) is 75.1 Å². The summed E-state index contributed by atoms with van der Waals surface area (Å²) in [5.74, 6) is 0.455. The number of rotatable bonds is 7. The Balaban J connectivity index is 2.42. The molecule has 0 bridgehead atoms. The Bertz CT molecular complexity index is 387. The number of carboxylic acid groups (broad SMARTS) is 1. The van der Waals surface area contributed by atoms with Crippen molar-refractivity contribution in [3.8, 4) is 0 Å². The molecule has 1 aromatic heterocycles. The van der Waals surface area contributed by atoms with Crippen molar-refractivity contribution in [2.24, 2.45) is 11.3 Å². The maximum Gasteiger partial charge on any atom is 0.303 e. The lowest BCUT2D eigenvalue weighted by Crippen LogP contribution is -2.24. The molecule has 0 fully saturated rings. The molecule has 0 amide bonds. The van der Waals surface area contributed by atoms with Gasteiger partial charge in [0.1, 0.15) is 12.1 Å². The van der Waals surface area contributed by atoms with Gasteiger partial charge in [0.15, 0.2) is 0 Å². The van der Waals surface area contributed by atoms with Crippen LogP contribution in [0.4, 0.5) is 5.82 Å². The third-order valence-electron chi connectivity index (χ3n) is 3.31. The van der Waals surface area contributed by atoms with E-state index < -0.39 is 5.97 Å². The van der Waals surface area contributed by atoms with Gasteiger partial charge < -0.3 is 10.4 Å². The quantitative estimate of drug-likeness (QED) is 0.793. The molecule has 0 aliphatic heterocycles. The molecule has 2 N–H and O–H groups in total. The van der Waals surface area contributed by atoms with Gasteiger partial charge in [-0.25, -0.2) is 9.97 Å². The van der Waals surface area contributed by atoms with Crippen LogP contribution in [0.1, 0.15) is 40.0 Å². The minimum atomic E-state index is -0.724. The lowest BCUT2D eigenvalue weighted by molar-refractivity contribution is -0.137. The Morgan fingerprint density at radius 1 is 1.42 bits per heavy atom. The predicted molar refractivity (Wildman–Crippen MR) is 75.0 cm³/mol. The number of nitrogens with zero attached hydrogens (tertiary/aromatic N) is 2. The number of nitrogens with one attached hydrogen (secondary N) is 1. The molecule has 0 saturated carbocycles. The van der Waals surface area contributed by atoms with Gasteiger partial charge in [-0.05, 0) is 30.2 Å². The van der Waals surface area contributed by atoms with Gasteiger partial charge in [-0.3, -0.25) is 4.79 Å². The van der Waals surface area contributed by atoms with Crippen LogP contribution in [0.3, 0.4) is 0 Å². The summed E-state index contributed by atoms with van der Waals surface area (Å²) in [6.07, 6.45) is 5.08. The molecule has 1 aromatic rings. The maximum atomic E-state index is 10.7. The third-order valence-corrected chi connectivity index (χ3v) is 3.31. The zero-order valence-corrected chi connectivity index (χ0v) is 11.9. The van der Waals surface area contributed by atoms with E-state index in [1.807, 2.05) is 6.07 Å². The molecule has 106 valence electrons. The van der Waals surface area contributed by atoms with Crippen LogP contribution in [-0.4, -0.2) is 27.6 Å². The van der Waals surface area contributed by atoms with Crippen LogP contribution in [0.15, 0.2) is 18.6 Å². The normalized spacial score (nSPS) is 13.0. The van der Waals surface area contributed by atoms with Gasteiger partial charge >= 0.3 is 5.97 Å². The molecule has 0 aromatic carbocycles. The van der Waals surface area contributed by atoms with E-state index in [1.54, 1.807) is 6.20 Å².